The molecule has 9 heteroatoms. The first-order valence-corrected chi connectivity index (χ1v) is 6.98. The van der Waals surface area contributed by atoms with Crippen LogP contribution >= 0.6 is 11.8 Å². The zero-order chi connectivity index (χ0) is 15.5. The smallest absolute Gasteiger partial charge is 0.411 e. The second-order valence-electron chi connectivity index (χ2n) is 4.73. The molecule has 1 aliphatic rings. The summed E-state index contributed by atoms with van der Waals surface area (Å²) in [6, 6.07) is -1.02. The van der Waals surface area contributed by atoms with E-state index in [0.29, 0.717) is 0 Å². The van der Waals surface area contributed by atoms with Gasteiger partial charge < -0.3 is 14.7 Å². The van der Waals surface area contributed by atoms with Gasteiger partial charge in [0.15, 0.2) is 0 Å². The minimum Gasteiger partial charge on any atom is -0.480 e. The van der Waals surface area contributed by atoms with E-state index in [1.54, 1.807) is 0 Å². The Morgan fingerprint density at radius 2 is 2.05 bits per heavy atom. The van der Waals surface area contributed by atoms with Gasteiger partial charge in [0, 0.05) is 5.75 Å². The van der Waals surface area contributed by atoms with Gasteiger partial charge in [0.1, 0.15) is 19.3 Å². The molecule has 2 unspecified atom stereocenters. The van der Waals surface area contributed by atoms with Crippen LogP contribution in [0.25, 0.3) is 0 Å². The molecule has 1 rings (SSSR count). The number of amides is 1. The Hall–Kier alpha value is -0.960. The summed E-state index contributed by atoms with van der Waals surface area (Å²) in [5.41, 5.74) is 0. The second-order valence-corrected chi connectivity index (χ2v) is 5.88. The lowest BCUT2D eigenvalue weighted by atomic mass is 10.1. The molecule has 1 fully saturated rings. The van der Waals surface area contributed by atoms with Gasteiger partial charge >= 0.3 is 12.1 Å². The molecule has 0 aromatic rings. The maximum atomic E-state index is 11.9. The Labute approximate surface area is 118 Å². The Morgan fingerprint density at radius 3 is 2.50 bits per heavy atom. The predicted octanol–water partition coefficient (Wildman–Crippen LogP) is 1.58. The van der Waals surface area contributed by atoms with E-state index < -0.39 is 37.3 Å². The standard InChI is InChI=1S/C11H16F3NO4S/c1-6(2)9-15(7(4-20-9)10(17)18)8(16)3-19-5-11(12,13)14/h6-7,9H,3-5H2,1-2H3,(H,17,18). The van der Waals surface area contributed by atoms with Crippen LogP contribution < -0.4 is 0 Å². The highest BCUT2D eigenvalue weighted by Gasteiger charge is 2.42. The normalized spacial score (nSPS) is 23.4. The molecule has 20 heavy (non-hydrogen) atoms. The number of carbonyl (C=O) groups is 2. The van der Waals surface area contributed by atoms with Gasteiger partial charge in [0.25, 0.3) is 0 Å². The topological polar surface area (TPSA) is 66.8 Å². The number of carboxylic acid groups (broad SMARTS) is 1. The van der Waals surface area contributed by atoms with Crippen molar-refractivity contribution in [3.05, 3.63) is 0 Å². The summed E-state index contributed by atoms with van der Waals surface area (Å²) in [5, 5.41) is 8.70. The number of aliphatic carboxylic acids is 1. The van der Waals surface area contributed by atoms with E-state index in [2.05, 4.69) is 4.74 Å². The molecule has 1 heterocycles. The Balaban J connectivity index is 2.67. The third-order valence-electron chi connectivity index (χ3n) is 2.67. The Bertz CT molecular complexity index is 375. The lowest BCUT2D eigenvalue weighted by Crippen LogP contribution is -2.48. The van der Waals surface area contributed by atoms with Gasteiger partial charge in [-0.25, -0.2) is 4.79 Å². The van der Waals surface area contributed by atoms with E-state index in [-0.39, 0.29) is 17.0 Å². The first-order chi connectivity index (χ1) is 9.13. The fourth-order valence-electron chi connectivity index (χ4n) is 1.88. The first-order valence-electron chi connectivity index (χ1n) is 5.93. The van der Waals surface area contributed by atoms with Crippen molar-refractivity contribution in [2.75, 3.05) is 19.0 Å². The number of carbonyl (C=O) groups excluding carboxylic acids is 1. The molecule has 0 radical (unpaired) electrons. The molecule has 1 saturated heterocycles. The van der Waals surface area contributed by atoms with Crippen molar-refractivity contribution in [3.63, 3.8) is 0 Å². The third kappa shape index (κ3) is 4.55. The summed E-state index contributed by atoms with van der Waals surface area (Å²) in [6.07, 6.45) is -4.51. The third-order valence-corrected chi connectivity index (χ3v) is 4.29. The van der Waals surface area contributed by atoms with Gasteiger partial charge in [-0.05, 0) is 5.92 Å². The maximum absolute atomic E-state index is 11.9. The highest BCUT2D eigenvalue weighted by molar-refractivity contribution is 8.00. The van der Waals surface area contributed by atoms with E-state index in [1.165, 1.54) is 11.8 Å². The van der Waals surface area contributed by atoms with Crippen molar-refractivity contribution in [1.29, 1.82) is 0 Å². The van der Waals surface area contributed by atoms with Gasteiger partial charge in [-0.3, -0.25) is 4.79 Å². The van der Waals surface area contributed by atoms with Crippen LogP contribution in [0.2, 0.25) is 0 Å². The van der Waals surface area contributed by atoms with Crippen LogP contribution in [0.4, 0.5) is 13.2 Å². The summed E-state index contributed by atoms with van der Waals surface area (Å²) in [4.78, 5) is 24.1. The van der Waals surface area contributed by atoms with Crippen molar-refractivity contribution in [2.24, 2.45) is 5.92 Å². The highest BCUT2D eigenvalue weighted by atomic mass is 32.2. The van der Waals surface area contributed by atoms with Gasteiger partial charge in [0.2, 0.25) is 5.91 Å². The molecule has 0 saturated carbocycles. The number of thioether (sulfide) groups is 1. The molecule has 0 aromatic carbocycles. The summed E-state index contributed by atoms with van der Waals surface area (Å²) >= 11 is 1.31. The molecule has 1 amide bonds. The monoisotopic (exact) mass is 315 g/mol. The number of hydrogen-bond donors (Lipinski definition) is 1. The number of carboxylic acids is 1. The van der Waals surface area contributed by atoms with Crippen molar-refractivity contribution >= 4 is 23.6 Å². The minimum atomic E-state index is -4.51. The Morgan fingerprint density at radius 1 is 1.45 bits per heavy atom. The van der Waals surface area contributed by atoms with Crippen LogP contribution in [0, 0.1) is 5.92 Å². The first kappa shape index (κ1) is 17.1. The van der Waals surface area contributed by atoms with E-state index >= 15 is 0 Å². The average molecular weight is 315 g/mol. The number of alkyl halides is 3. The lowest BCUT2D eigenvalue weighted by Gasteiger charge is -2.29. The fourth-order valence-corrected chi connectivity index (χ4v) is 3.37. The van der Waals surface area contributed by atoms with Gasteiger partial charge in [-0.2, -0.15) is 13.2 Å². The van der Waals surface area contributed by atoms with Crippen molar-refractivity contribution < 1.29 is 32.6 Å². The largest absolute Gasteiger partial charge is 0.480 e. The quantitative estimate of drug-likeness (QED) is 0.834. The Kier molecular flexibility index (Phi) is 5.69. The van der Waals surface area contributed by atoms with Crippen LogP contribution in [0.3, 0.4) is 0 Å². The summed E-state index contributed by atoms with van der Waals surface area (Å²) in [5.74, 6) is -1.67. The molecule has 2 atom stereocenters. The second kappa shape index (κ2) is 6.66. The fraction of sp³-hybridized carbons (Fsp3) is 0.818. The zero-order valence-electron chi connectivity index (χ0n) is 11.0. The number of hydrogen-bond acceptors (Lipinski definition) is 4. The molecular formula is C11H16F3NO4S. The zero-order valence-corrected chi connectivity index (χ0v) is 11.8. The van der Waals surface area contributed by atoms with Gasteiger partial charge in [0.05, 0.1) is 5.37 Å². The average Bonchev–Trinajstić information content (AvgIpc) is 2.71. The molecular weight excluding hydrogens is 299 g/mol. The summed E-state index contributed by atoms with van der Waals surface area (Å²) in [7, 11) is 0. The van der Waals surface area contributed by atoms with Crippen LogP contribution in [-0.4, -0.2) is 58.4 Å². The molecule has 1 aliphatic heterocycles. The van der Waals surface area contributed by atoms with E-state index in [1.807, 2.05) is 13.8 Å². The number of nitrogens with zero attached hydrogens (tertiary/aromatic N) is 1. The predicted molar refractivity (Wildman–Crippen MR) is 66.2 cm³/mol. The van der Waals surface area contributed by atoms with Crippen LogP contribution in [-0.2, 0) is 14.3 Å². The van der Waals surface area contributed by atoms with Crippen LogP contribution in [0.5, 0.6) is 0 Å². The van der Waals surface area contributed by atoms with E-state index in [4.69, 9.17) is 5.11 Å². The number of rotatable bonds is 5. The SMILES string of the molecule is CC(C)C1SCC(C(=O)O)N1C(=O)COCC(F)(F)F. The van der Waals surface area contributed by atoms with Gasteiger partial charge in [-0.15, -0.1) is 11.8 Å². The summed E-state index contributed by atoms with van der Waals surface area (Å²) < 4.78 is 40.1. The van der Waals surface area contributed by atoms with Gasteiger partial charge in [-0.1, -0.05) is 13.8 Å². The lowest BCUT2D eigenvalue weighted by molar-refractivity contribution is -0.179. The highest BCUT2D eigenvalue weighted by Crippen LogP contribution is 2.34. The molecule has 1 N–H and O–H groups in total. The number of halogens is 3. The van der Waals surface area contributed by atoms with Crippen molar-refractivity contribution in [1.82, 2.24) is 4.90 Å². The molecule has 116 valence electrons. The molecule has 0 aliphatic carbocycles. The maximum Gasteiger partial charge on any atom is 0.411 e. The van der Waals surface area contributed by atoms with E-state index in [9.17, 15) is 22.8 Å². The molecule has 5 nitrogen and oxygen atoms in total. The minimum absolute atomic E-state index is 0.00378. The van der Waals surface area contributed by atoms with Crippen LogP contribution in [0.15, 0.2) is 0 Å². The number of ether oxygens (including phenoxy) is 1. The molecule has 0 aromatic heterocycles. The van der Waals surface area contributed by atoms with E-state index in [0.717, 1.165) is 4.90 Å². The van der Waals surface area contributed by atoms with Crippen molar-refractivity contribution in [3.8, 4) is 0 Å². The molecule has 0 spiro atoms. The molecule has 0 bridgehead atoms. The van der Waals surface area contributed by atoms with Crippen molar-refractivity contribution in [2.45, 2.75) is 31.4 Å². The summed E-state index contributed by atoms with van der Waals surface area (Å²) in [6.45, 7) is 1.34. The van der Waals surface area contributed by atoms with Crippen LogP contribution in [0.1, 0.15) is 13.8 Å².